The molecular weight excluding hydrogens is 90.1 g/mol. The zero-order chi connectivity index (χ0) is 2.71. The van der Waals surface area contributed by atoms with Crippen molar-refractivity contribution in [3.05, 3.63) is 0 Å². The Balaban J connectivity index is 0. The van der Waals surface area contributed by atoms with Gasteiger partial charge < -0.3 is 0 Å². The van der Waals surface area contributed by atoms with Crippen molar-refractivity contribution in [2.45, 2.75) is 11.6 Å². The molecule has 0 aromatic heterocycles. The molecule has 0 bridgehead atoms. The first kappa shape index (κ1) is 9.48. The molecule has 0 nitrogen and oxygen atoms in total. The first-order chi connectivity index (χ1) is 1.41. The van der Waals surface area contributed by atoms with E-state index in [4.69, 9.17) is 0 Å². The van der Waals surface area contributed by atoms with Crippen LogP contribution in [0.2, 0.25) is 11.6 Å². The number of hydrogen-bond acceptors (Lipinski definition) is 0. The smallest absolute Gasteiger partial charge is 0.210 e. The molecule has 0 heterocycles. The maximum Gasteiger partial charge on any atom is 1.00 e. The van der Waals surface area contributed by atoms with E-state index in [9.17, 15) is 0 Å². The van der Waals surface area contributed by atoms with E-state index >= 15 is 0 Å². The third-order valence-electron chi connectivity index (χ3n) is 0. The van der Waals surface area contributed by atoms with Gasteiger partial charge in [-0.2, -0.15) is 0 Å². The van der Waals surface area contributed by atoms with E-state index in [1.807, 2.05) is 0 Å². The van der Waals surface area contributed by atoms with Crippen molar-refractivity contribution < 1.29 is 51.4 Å². The van der Waals surface area contributed by atoms with Crippen LogP contribution in [0.4, 0.5) is 0 Å². The molecule has 0 N–H and O–H groups in total. The van der Waals surface area contributed by atoms with Crippen LogP contribution in [0, 0.1) is 0 Å². The van der Waals surface area contributed by atoms with Crippen LogP contribution in [0.1, 0.15) is 0 Å². The second kappa shape index (κ2) is 8.95. The van der Waals surface area contributed by atoms with Crippen molar-refractivity contribution >= 4 is 15.2 Å². The van der Waals surface area contributed by atoms with Gasteiger partial charge in [0.15, 0.2) is 0 Å². The summed E-state index contributed by atoms with van der Waals surface area (Å²) in [6, 6.07) is 0. The van der Waals surface area contributed by atoms with Crippen molar-refractivity contribution in [2.24, 2.45) is 0 Å². The zero-order valence-corrected chi connectivity index (χ0v) is 9.12. The normalized spacial score (nSPS) is 4.50. The molecule has 20 valence electrons. The van der Waals surface area contributed by atoms with Gasteiger partial charge in [0.2, 0.25) is 0 Å². The Bertz CT molecular complexity index is 6.00. The molecule has 0 saturated carbocycles. The van der Waals surface area contributed by atoms with Crippen molar-refractivity contribution in [2.75, 3.05) is 0 Å². The third-order valence-corrected chi connectivity index (χ3v) is 0. The molecule has 0 atom stereocenters. The van der Waals surface area contributed by atoms with Crippen molar-refractivity contribution in [3.8, 4) is 0 Å². The maximum absolute atomic E-state index is 2.32. The first-order valence-electron chi connectivity index (χ1n) is 2.00. The van der Waals surface area contributed by atoms with Crippen LogP contribution in [-0.4, -0.2) is 15.2 Å². The van der Waals surface area contributed by atoms with Gasteiger partial charge in [0, 0.05) is 0 Å². The van der Waals surface area contributed by atoms with E-state index < -0.39 is 0 Å². The summed E-state index contributed by atoms with van der Waals surface area (Å²) in [6.45, 7) is 0. The molecule has 0 saturated heterocycles. The Morgan fingerprint density at radius 2 is 1.25 bits per heavy atom. The van der Waals surface area contributed by atoms with Gasteiger partial charge >= 0.3 is 51.4 Å². The SMILES string of the molecule is [CH3][AlH2-][CH3].[K+]. The quantitative estimate of drug-likeness (QED) is 0.288. The van der Waals surface area contributed by atoms with Crippen LogP contribution in [0.5, 0.6) is 0 Å². The van der Waals surface area contributed by atoms with Crippen molar-refractivity contribution in [1.29, 1.82) is 0 Å². The predicted octanol–water partition coefficient (Wildman–Crippen LogP) is -2.74. The van der Waals surface area contributed by atoms with E-state index in [1.54, 1.807) is 0 Å². The van der Waals surface area contributed by atoms with Gasteiger partial charge in [0.05, 0.1) is 15.2 Å². The van der Waals surface area contributed by atoms with Crippen LogP contribution < -0.4 is 51.4 Å². The number of rotatable bonds is 0. The zero-order valence-electron chi connectivity index (χ0n) is 4.00. The molecule has 0 unspecified atom stereocenters. The Morgan fingerprint density at radius 1 is 1.25 bits per heavy atom. The van der Waals surface area contributed by atoms with Crippen LogP contribution in [-0.2, 0) is 0 Å². The van der Waals surface area contributed by atoms with Crippen LogP contribution in [0.15, 0.2) is 0 Å². The molecule has 0 radical (unpaired) electrons. The minimum Gasteiger partial charge on any atom is -0.210 e. The molecule has 0 aromatic rings. The second-order valence-electron chi connectivity index (χ2n) is 1.00. The van der Waals surface area contributed by atoms with Gasteiger partial charge in [0.25, 0.3) is 0 Å². The van der Waals surface area contributed by atoms with Gasteiger partial charge in [-0.25, -0.2) is 11.6 Å². The van der Waals surface area contributed by atoms with Gasteiger partial charge in [0.1, 0.15) is 0 Å². The molecule has 0 amide bonds. The standard InChI is InChI=1S/2CH3.Al.K.2H/h2*1H3;;;;/q;;-1;+1;;. The van der Waals surface area contributed by atoms with Crippen LogP contribution in [0.25, 0.3) is 0 Å². The molecule has 0 aliphatic heterocycles. The summed E-state index contributed by atoms with van der Waals surface area (Å²) >= 11 is 0.0833. The van der Waals surface area contributed by atoms with Crippen LogP contribution >= 0.6 is 0 Å². The fourth-order valence-electron chi connectivity index (χ4n) is 0. The van der Waals surface area contributed by atoms with E-state index in [2.05, 4.69) is 11.6 Å². The van der Waals surface area contributed by atoms with E-state index in [-0.39, 0.29) is 66.6 Å². The van der Waals surface area contributed by atoms with Gasteiger partial charge in [-0.15, -0.1) is 0 Å². The fourth-order valence-corrected chi connectivity index (χ4v) is 0. The topological polar surface area (TPSA) is 0 Å². The molecule has 4 heavy (non-hydrogen) atoms. The molecular formula is C2H8AlK. The summed E-state index contributed by atoms with van der Waals surface area (Å²) in [5.74, 6) is 4.64. The Hall–Kier alpha value is 2.17. The van der Waals surface area contributed by atoms with Gasteiger partial charge in [-0.05, 0) is 0 Å². The van der Waals surface area contributed by atoms with E-state index in [0.717, 1.165) is 0 Å². The molecule has 0 aliphatic carbocycles. The summed E-state index contributed by atoms with van der Waals surface area (Å²) < 4.78 is 0. The Kier molecular flexibility index (Phi) is 21.2. The number of hydrogen-bond donors (Lipinski definition) is 0. The average molecular weight is 98.2 g/mol. The fraction of sp³-hybridized carbons (Fsp3) is 1.00. The monoisotopic (exact) mass is 98.0 g/mol. The maximum atomic E-state index is 2.32. The first-order valence-corrected chi connectivity index (χ1v) is 6.00. The molecule has 0 aromatic carbocycles. The molecule has 2 heteroatoms. The van der Waals surface area contributed by atoms with E-state index in [0.29, 0.717) is 0 Å². The second-order valence-corrected chi connectivity index (χ2v) is 3.00. The largest absolute Gasteiger partial charge is 1.00 e. The molecule has 0 spiro atoms. The van der Waals surface area contributed by atoms with Crippen LogP contribution in [0.3, 0.4) is 0 Å². The van der Waals surface area contributed by atoms with Gasteiger partial charge in [-0.3, -0.25) is 0 Å². The summed E-state index contributed by atoms with van der Waals surface area (Å²) in [7, 11) is 0. The summed E-state index contributed by atoms with van der Waals surface area (Å²) in [5.41, 5.74) is 0. The minimum atomic E-state index is 0. The third kappa shape index (κ3) is 8.90. The summed E-state index contributed by atoms with van der Waals surface area (Å²) in [6.07, 6.45) is 0. The van der Waals surface area contributed by atoms with E-state index in [1.165, 1.54) is 0 Å². The van der Waals surface area contributed by atoms with Crippen molar-refractivity contribution in [1.82, 2.24) is 0 Å². The molecule has 0 aliphatic rings. The average Bonchev–Trinajstić information content (AvgIpc) is 0.918. The van der Waals surface area contributed by atoms with Crippen molar-refractivity contribution in [3.63, 3.8) is 0 Å². The minimum absolute atomic E-state index is 0. The Labute approximate surface area is 76.5 Å². The molecule has 0 fully saturated rings. The molecule has 0 rings (SSSR count). The Morgan fingerprint density at radius 3 is 1.25 bits per heavy atom. The summed E-state index contributed by atoms with van der Waals surface area (Å²) in [5, 5.41) is 0. The predicted molar refractivity (Wildman–Crippen MR) is 20.3 cm³/mol. The summed E-state index contributed by atoms with van der Waals surface area (Å²) in [4.78, 5) is 0. The van der Waals surface area contributed by atoms with Gasteiger partial charge in [-0.1, -0.05) is 0 Å².